The van der Waals surface area contributed by atoms with Crippen molar-refractivity contribution in [2.24, 2.45) is 0 Å². The van der Waals surface area contributed by atoms with Gasteiger partial charge in [0, 0.05) is 12.0 Å². The van der Waals surface area contributed by atoms with Crippen molar-refractivity contribution < 1.29 is 18.1 Å². The van der Waals surface area contributed by atoms with Crippen molar-refractivity contribution in [3.63, 3.8) is 0 Å². The van der Waals surface area contributed by atoms with E-state index in [9.17, 15) is 13.6 Å². The number of hydrogen-bond donors (Lipinski definition) is 1. The van der Waals surface area contributed by atoms with Crippen molar-refractivity contribution in [1.29, 1.82) is 0 Å². The summed E-state index contributed by atoms with van der Waals surface area (Å²) in [6.45, 7) is 2.00. The topological polar surface area (TPSA) is 68.0 Å². The largest absolute Gasteiger partial charge is 0.347 e. The Morgan fingerprint density at radius 2 is 1.69 bits per heavy atom. The molecule has 2 aromatic carbocycles. The molecule has 0 aliphatic heterocycles. The van der Waals surface area contributed by atoms with E-state index in [4.69, 9.17) is 4.52 Å². The van der Waals surface area contributed by atoms with Crippen LogP contribution in [0, 0.1) is 11.6 Å². The van der Waals surface area contributed by atoms with Crippen molar-refractivity contribution in [3.8, 4) is 11.4 Å². The highest BCUT2D eigenvalue weighted by molar-refractivity contribution is 5.76. The summed E-state index contributed by atoms with van der Waals surface area (Å²) in [5, 5.41) is 6.53. The summed E-state index contributed by atoms with van der Waals surface area (Å²) in [7, 11) is 0. The van der Waals surface area contributed by atoms with Crippen LogP contribution in [0.3, 0.4) is 0 Å². The molecule has 0 aliphatic rings. The number of nitrogens with zero attached hydrogens (tertiary/aromatic N) is 2. The van der Waals surface area contributed by atoms with Crippen molar-refractivity contribution in [3.05, 3.63) is 71.6 Å². The number of hydrogen-bond acceptors (Lipinski definition) is 4. The molecule has 3 rings (SSSR count). The molecule has 0 aliphatic carbocycles. The van der Waals surface area contributed by atoms with Gasteiger partial charge in [-0.1, -0.05) is 24.2 Å². The summed E-state index contributed by atoms with van der Waals surface area (Å²) in [6, 6.07) is 11.8. The SMILES string of the molecule is CC(CC(=O)NCc1nc(-c2ccc(F)cc2)no1)c1ccc(F)cc1. The Balaban J connectivity index is 1.53. The third-order valence-corrected chi connectivity index (χ3v) is 3.94. The van der Waals surface area contributed by atoms with E-state index in [2.05, 4.69) is 15.5 Å². The zero-order chi connectivity index (χ0) is 18.5. The van der Waals surface area contributed by atoms with E-state index in [-0.39, 0.29) is 42.3 Å². The van der Waals surface area contributed by atoms with Gasteiger partial charge in [0.1, 0.15) is 11.6 Å². The highest BCUT2D eigenvalue weighted by atomic mass is 19.1. The third-order valence-electron chi connectivity index (χ3n) is 3.94. The number of carbonyl (C=O) groups excluding carboxylic acids is 1. The van der Waals surface area contributed by atoms with Gasteiger partial charge in [0.2, 0.25) is 17.6 Å². The molecule has 1 atom stereocenters. The second-order valence-electron chi connectivity index (χ2n) is 5.95. The lowest BCUT2D eigenvalue weighted by atomic mass is 9.97. The number of aromatic nitrogens is 2. The lowest BCUT2D eigenvalue weighted by molar-refractivity contribution is -0.121. The van der Waals surface area contributed by atoms with Crippen LogP contribution in [0.25, 0.3) is 11.4 Å². The van der Waals surface area contributed by atoms with Crippen LogP contribution in [-0.4, -0.2) is 16.0 Å². The third kappa shape index (κ3) is 4.50. The molecule has 7 heteroatoms. The van der Waals surface area contributed by atoms with Crippen LogP contribution in [0.5, 0.6) is 0 Å². The Morgan fingerprint density at radius 3 is 2.35 bits per heavy atom. The smallest absolute Gasteiger partial charge is 0.246 e. The van der Waals surface area contributed by atoms with E-state index in [1.165, 1.54) is 24.3 Å². The highest BCUT2D eigenvalue weighted by Crippen LogP contribution is 2.19. The van der Waals surface area contributed by atoms with E-state index < -0.39 is 0 Å². The maximum absolute atomic E-state index is 12.9. The molecule has 0 spiro atoms. The van der Waals surface area contributed by atoms with Crippen molar-refractivity contribution in [2.75, 3.05) is 0 Å². The van der Waals surface area contributed by atoms with Crippen LogP contribution in [0.1, 0.15) is 30.7 Å². The number of amides is 1. The highest BCUT2D eigenvalue weighted by Gasteiger charge is 2.13. The van der Waals surface area contributed by atoms with E-state index in [1.54, 1.807) is 24.3 Å². The van der Waals surface area contributed by atoms with Gasteiger partial charge in [-0.25, -0.2) is 8.78 Å². The number of benzene rings is 2. The van der Waals surface area contributed by atoms with Crippen LogP contribution < -0.4 is 5.32 Å². The molecule has 0 saturated heterocycles. The zero-order valence-electron chi connectivity index (χ0n) is 14.1. The summed E-state index contributed by atoms with van der Waals surface area (Å²) < 4.78 is 31.0. The lowest BCUT2D eigenvalue weighted by Crippen LogP contribution is -2.24. The van der Waals surface area contributed by atoms with Gasteiger partial charge < -0.3 is 9.84 Å². The van der Waals surface area contributed by atoms with Crippen LogP contribution in [0.2, 0.25) is 0 Å². The average molecular weight is 357 g/mol. The molecule has 0 saturated carbocycles. The molecule has 0 bridgehead atoms. The van der Waals surface area contributed by atoms with E-state index >= 15 is 0 Å². The molecule has 0 radical (unpaired) electrons. The molecule has 0 fully saturated rings. The Kier molecular flexibility index (Phi) is 5.36. The van der Waals surface area contributed by atoms with Gasteiger partial charge in [-0.2, -0.15) is 4.98 Å². The fourth-order valence-electron chi connectivity index (χ4n) is 2.48. The molecule has 1 amide bonds. The molecule has 1 unspecified atom stereocenters. The van der Waals surface area contributed by atoms with Crippen molar-refractivity contribution >= 4 is 5.91 Å². The quantitative estimate of drug-likeness (QED) is 0.728. The first-order chi connectivity index (χ1) is 12.5. The minimum absolute atomic E-state index is 0.0481. The predicted octanol–water partition coefficient (Wildman–Crippen LogP) is 3.82. The summed E-state index contributed by atoms with van der Waals surface area (Å²) in [5.74, 6) is -0.295. The van der Waals surface area contributed by atoms with Crippen LogP contribution in [0.4, 0.5) is 8.78 Å². The molecule has 3 aromatic rings. The Morgan fingerprint density at radius 1 is 1.08 bits per heavy atom. The van der Waals surface area contributed by atoms with Gasteiger partial charge in [-0.3, -0.25) is 4.79 Å². The van der Waals surface area contributed by atoms with Gasteiger partial charge in [0.05, 0.1) is 6.54 Å². The van der Waals surface area contributed by atoms with E-state index in [0.29, 0.717) is 11.4 Å². The standard InChI is InChI=1S/C19H17F2N3O2/c1-12(13-2-6-15(20)7-3-13)10-17(25)22-11-18-23-19(24-26-18)14-4-8-16(21)9-5-14/h2-9,12H,10-11H2,1H3,(H,22,25). The minimum Gasteiger partial charge on any atom is -0.347 e. The van der Waals surface area contributed by atoms with Gasteiger partial charge >= 0.3 is 0 Å². The number of carbonyl (C=O) groups is 1. The molecule has 134 valence electrons. The van der Waals surface area contributed by atoms with Gasteiger partial charge in [-0.05, 0) is 47.9 Å². The van der Waals surface area contributed by atoms with E-state index in [1.807, 2.05) is 6.92 Å². The molecule has 5 nitrogen and oxygen atoms in total. The van der Waals surface area contributed by atoms with E-state index in [0.717, 1.165) is 5.56 Å². The molecule has 1 N–H and O–H groups in total. The molecular formula is C19H17F2N3O2. The number of rotatable bonds is 6. The number of nitrogens with one attached hydrogen (secondary N) is 1. The maximum Gasteiger partial charge on any atom is 0.246 e. The molecule has 26 heavy (non-hydrogen) atoms. The summed E-state index contributed by atoms with van der Waals surface area (Å²) in [4.78, 5) is 16.2. The second-order valence-corrected chi connectivity index (χ2v) is 5.95. The first kappa shape index (κ1) is 17.7. The zero-order valence-corrected chi connectivity index (χ0v) is 14.1. The molecule has 1 aromatic heterocycles. The molecule has 1 heterocycles. The first-order valence-corrected chi connectivity index (χ1v) is 8.12. The Hall–Kier alpha value is -3.09. The normalized spacial score (nSPS) is 12.0. The lowest BCUT2D eigenvalue weighted by Gasteiger charge is -2.11. The Bertz CT molecular complexity index is 877. The summed E-state index contributed by atoms with van der Waals surface area (Å²) in [6.07, 6.45) is 0.255. The predicted molar refractivity (Wildman–Crippen MR) is 91.0 cm³/mol. The average Bonchev–Trinajstić information content (AvgIpc) is 3.10. The van der Waals surface area contributed by atoms with Crippen molar-refractivity contribution in [1.82, 2.24) is 15.5 Å². The fourth-order valence-corrected chi connectivity index (χ4v) is 2.48. The second kappa shape index (κ2) is 7.86. The first-order valence-electron chi connectivity index (χ1n) is 8.12. The summed E-state index contributed by atoms with van der Waals surface area (Å²) >= 11 is 0. The van der Waals surface area contributed by atoms with Crippen LogP contribution >= 0.6 is 0 Å². The van der Waals surface area contributed by atoms with Crippen molar-refractivity contribution in [2.45, 2.75) is 25.8 Å². The van der Waals surface area contributed by atoms with Crippen LogP contribution in [-0.2, 0) is 11.3 Å². The van der Waals surface area contributed by atoms with Gasteiger partial charge in [0.25, 0.3) is 0 Å². The summed E-state index contributed by atoms with van der Waals surface area (Å²) in [5.41, 5.74) is 1.51. The fraction of sp³-hybridized carbons (Fsp3) is 0.211. The van der Waals surface area contributed by atoms with Gasteiger partial charge in [-0.15, -0.1) is 0 Å². The van der Waals surface area contributed by atoms with Crippen LogP contribution in [0.15, 0.2) is 53.1 Å². The Labute approximate surface area is 149 Å². The maximum atomic E-state index is 12.9. The molecular weight excluding hydrogens is 340 g/mol. The minimum atomic E-state index is -0.347. The number of halogens is 2. The van der Waals surface area contributed by atoms with Gasteiger partial charge in [0.15, 0.2) is 0 Å². The monoisotopic (exact) mass is 357 g/mol.